The van der Waals surface area contributed by atoms with Gasteiger partial charge in [0.1, 0.15) is 11.6 Å². The Kier molecular flexibility index (Phi) is 5.68. The Morgan fingerprint density at radius 2 is 1.88 bits per heavy atom. The number of nitrogens with one attached hydrogen (secondary N) is 1. The van der Waals surface area contributed by atoms with Gasteiger partial charge in [-0.05, 0) is 19.1 Å². The van der Waals surface area contributed by atoms with Gasteiger partial charge >= 0.3 is 6.18 Å². The van der Waals surface area contributed by atoms with Crippen molar-refractivity contribution < 1.29 is 22.7 Å². The predicted molar refractivity (Wildman–Crippen MR) is 109 cm³/mol. The van der Waals surface area contributed by atoms with Gasteiger partial charge < -0.3 is 10.1 Å². The zero-order valence-electron chi connectivity index (χ0n) is 17.6. The molecule has 0 aromatic carbocycles. The molecule has 11 nitrogen and oxygen atoms in total. The van der Waals surface area contributed by atoms with Crippen LogP contribution in [0.15, 0.2) is 43.1 Å². The molecule has 4 aromatic heterocycles. The molecule has 0 aliphatic heterocycles. The third-order valence-corrected chi connectivity index (χ3v) is 4.69. The van der Waals surface area contributed by atoms with Gasteiger partial charge in [0, 0.05) is 11.8 Å². The Bertz CT molecular complexity index is 1410. The number of ether oxygens (including phenoxy) is 1. The lowest BCUT2D eigenvalue weighted by Crippen LogP contribution is -2.21. The third-order valence-electron chi connectivity index (χ3n) is 4.69. The lowest BCUT2D eigenvalue weighted by atomic mass is 10.2. The number of methoxy groups -OCH3 is 1. The molecule has 0 atom stereocenters. The first-order valence-corrected chi connectivity index (χ1v) is 9.48. The molecular weight excluding hydrogens is 455 g/mol. The standard InChI is InChI=1S/C20H14F3N9O2/c1-11-15(3-4-25-19(11)34-2)31-16(20(21,22)23)14(10-29-31)18(33)30-13-7-12(8-24)17(26-9-13)32-27-5-6-28-32/h3-7,9-10H,1-2H3,(H,30,33). The van der Waals surface area contributed by atoms with E-state index in [2.05, 4.69) is 30.6 Å². The summed E-state index contributed by atoms with van der Waals surface area (Å²) in [5, 5.41) is 23.3. The highest BCUT2D eigenvalue weighted by molar-refractivity contribution is 6.05. The van der Waals surface area contributed by atoms with Crippen LogP contribution in [0.4, 0.5) is 18.9 Å². The summed E-state index contributed by atoms with van der Waals surface area (Å²) in [5.74, 6) is -0.877. The Morgan fingerprint density at radius 1 is 1.15 bits per heavy atom. The SMILES string of the molecule is COc1nccc(-n2ncc(C(=O)Nc3cnc(-n4nccn4)c(C#N)c3)c2C(F)(F)F)c1C. The second kappa shape index (κ2) is 8.62. The first kappa shape index (κ1) is 22.4. The Morgan fingerprint density at radius 3 is 2.53 bits per heavy atom. The van der Waals surface area contributed by atoms with Crippen LogP contribution in [0, 0.1) is 18.3 Å². The number of hydrogen-bond acceptors (Lipinski definition) is 8. The van der Waals surface area contributed by atoms with Crippen LogP contribution in [0.3, 0.4) is 0 Å². The number of anilines is 1. The van der Waals surface area contributed by atoms with Gasteiger partial charge in [0.05, 0.1) is 48.8 Å². The van der Waals surface area contributed by atoms with E-state index in [0.29, 0.717) is 10.2 Å². The topological polar surface area (TPSA) is 136 Å². The maximum absolute atomic E-state index is 14.0. The Labute approximate surface area is 189 Å². The summed E-state index contributed by atoms with van der Waals surface area (Å²) in [6.07, 6.45) is 1.10. The van der Waals surface area contributed by atoms with Crippen LogP contribution in [0.25, 0.3) is 11.5 Å². The van der Waals surface area contributed by atoms with Gasteiger partial charge in [-0.25, -0.2) is 14.6 Å². The Balaban J connectivity index is 1.72. The van der Waals surface area contributed by atoms with E-state index in [4.69, 9.17) is 4.74 Å². The van der Waals surface area contributed by atoms with Gasteiger partial charge in [-0.15, -0.1) is 4.80 Å². The van der Waals surface area contributed by atoms with E-state index in [-0.39, 0.29) is 28.6 Å². The minimum atomic E-state index is -4.92. The number of nitrogens with zero attached hydrogens (tertiary/aromatic N) is 8. The van der Waals surface area contributed by atoms with Crippen molar-refractivity contribution in [3.63, 3.8) is 0 Å². The van der Waals surface area contributed by atoms with Gasteiger partial charge in [0.15, 0.2) is 11.5 Å². The molecule has 4 rings (SSSR count). The maximum atomic E-state index is 14.0. The molecule has 4 aromatic rings. The second-order valence-electron chi connectivity index (χ2n) is 6.76. The number of carbonyl (C=O) groups excluding carboxylic acids is 1. The highest BCUT2D eigenvalue weighted by atomic mass is 19.4. The number of hydrogen-bond donors (Lipinski definition) is 1. The number of carbonyl (C=O) groups is 1. The van der Waals surface area contributed by atoms with E-state index >= 15 is 0 Å². The van der Waals surface area contributed by atoms with Crippen molar-refractivity contribution in [1.82, 2.24) is 34.7 Å². The van der Waals surface area contributed by atoms with Gasteiger partial charge in [0.25, 0.3) is 5.91 Å². The van der Waals surface area contributed by atoms with Crippen molar-refractivity contribution in [3.8, 4) is 23.5 Å². The van der Waals surface area contributed by atoms with Crippen molar-refractivity contribution in [3.05, 3.63) is 65.5 Å². The van der Waals surface area contributed by atoms with Crippen molar-refractivity contribution in [2.24, 2.45) is 0 Å². The quantitative estimate of drug-likeness (QED) is 0.471. The molecule has 4 heterocycles. The van der Waals surface area contributed by atoms with E-state index in [1.165, 1.54) is 51.0 Å². The minimum absolute atomic E-state index is 0.0000847. The molecule has 0 aliphatic carbocycles. The predicted octanol–water partition coefficient (Wildman–Crippen LogP) is 2.70. The van der Waals surface area contributed by atoms with E-state index in [1.807, 2.05) is 6.07 Å². The molecule has 14 heteroatoms. The molecule has 34 heavy (non-hydrogen) atoms. The molecule has 0 aliphatic rings. The summed E-state index contributed by atoms with van der Waals surface area (Å²) in [4.78, 5) is 21.9. The number of rotatable bonds is 5. The first-order chi connectivity index (χ1) is 16.2. The smallest absolute Gasteiger partial charge is 0.434 e. The van der Waals surface area contributed by atoms with Gasteiger partial charge in [-0.3, -0.25) is 4.79 Å². The summed E-state index contributed by atoms with van der Waals surface area (Å²) in [5.41, 5.74) is -1.66. The van der Waals surface area contributed by atoms with Crippen LogP contribution in [0.5, 0.6) is 5.88 Å². The molecule has 0 saturated heterocycles. The summed E-state index contributed by atoms with van der Waals surface area (Å²) in [6.45, 7) is 1.52. The minimum Gasteiger partial charge on any atom is -0.481 e. The third kappa shape index (κ3) is 4.01. The average Bonchev–Trinajstić information content (AvgIpc) is 3.49. The van der Waals surface area contributed by atoms with E-state index < -0.39 is 23.3 Å². The van der Waals surface area contributed by atoms with Crippen LogP contribution in [-0.2, 0) is 6.18 Å². The fourth-order valence-corrected chi connectivity index (χ4v) is 3.20. The molecule has 0 radical (unpaired) electrons. The second-order valence-corrected chi connectivity index (χ2v) is 6.76. The van der Waals surface area contributed by atoms with E-state index in [9.17, 15) is 23.2 Å². The van der Waals surface area contributed by atoms with Gasteiger partial charge in [-0.1, -0.05) is 0 Å². The zero-order chi connectivity index (χ0) is 24.5. The van der Waals surface area contributed by atoms with Crippen LogP contribution >= 0.6 is 0 Å². The summed E-state index contributed by atoms with van der Waals surface area (Å²) in [6, 6.07) is 4.46. The van der Waals surface area contributed by atoms with Crippen molar-refractivity contribution in [2.75, 3.05) is 12.4 Å². The monoisotopic (exact) mass is 469 g/mol. The Hall–Kier alpha value is -4.80. The maximum Gasteiger partial charge on any atom is 0.434 e. The number of alkyl halides is 3. The van der Waals surface area contributed by atoms with Gasteiger partial charge in [0.2, 0.25) is 5.88 Å². The van der Waals surface area contributed by atoms with Crippen molar-refractivity contribution in [2.45, 2.75) is 13.1 Å². The molecule has 172 valence electrons. The average molecular weight is 469 g/mol. The van der Waals surface area contributed by atoms with Crippen LogP contribution in [-0.4, -0.2) is 47.8 Å². The van der Waals surface area contributed by atoms with Crippen LogP contribution < -0.4 is 10.1 Å². The summed E-state index contributed by atoms with van der Waals surface area (Å²) in [7, 11) is 1.34. The molecule has 1 N–H and O–H groups in total. The molecular formula is C20H14F3N9O2. The largest absolute Gasteiger partial charge is 0.481 e. The fraction of sp³-hybridized carbons (Fsp3) is 0.150. The number of amides is 1. The molecule has 1 amide bonds. The summed E-state index contributed by atoms with van der Waals surface area (Å²) < 4.78 is 47.7. The summed E-state index contributed by atoms with van der Waals surface area (Å²) >= 11 is 0. The molecule has 0 fully saturated rings. The number of pyridine rings is 2. The highest BCUT2D eigenvalue weighted by Crippen LogP contribution is 2.35. The van der Waals surface area contributed by atoms with Crippen LogP contribution in [0.2, 0.25) is 0 Å². The van der Waals surface area contributed by atoms with Crippen molar-refractivity contribution in [1.29, 1.82) is 5.26 Å². The van der Waals surface area contributed by atoms with Crippen LogP contribution in [0.1, 0.15) is 27.2 Å². The normalized spacial score (nSPS) is 11.2. The zero-order valence-corrected chi connectivity index (χ0v) is 17.6. The van der Waals surface area contributed by atoms with E-state index in [1.54, 1.807) is 0 Å². The lowest BCUT2D eigenvalue weighted by molar-refractivity contribution is -0.143. The molecule has 0 bridgehead atoms. The fourth-order valence-electron chi connectivity index (χ4n) is 3.20. The van der Waals surface area contributed by atoms with Gasteiger partial charge in [-0.2, -0.15) is 33.7 Å². The van der Waals surface area contributed by atoms with Crippen molar-refractivity contribution >= 4 is 11.6 Å². The lowest BCUT2D eigenvalue weighted by Gasteiger charge is -2.15. The van der Waals surface area contributed by atoms with E-state index in [0.717, 1.165) is 11.0 Å². The number of nitriles is 1. The molecule has 0 unspecified atom stereocenters. The number of halogens is 3. The first-order valence-electron chi connectivity index (χ1n) is 9.48. The molecule has 0 saturated carbocycles. The highest BCUT2D eigenvalue weighted by Gasteiger charge is 2.41. The molecule has 0 spiro atoms. The number of aromatic nitrogens is 7.